The number of hydrogen-bond donors (Lipinski definition) is 0. The highest BCUT2D eigenvalue weighted by molar-refractivity contribution is 6.30. The van der Waals surface area contributed by atoms with E-state index in [1.807, 2.05) is 0 Å². The summed E-state index contributed by atoms with van der Waals surface area (Å²) in [5.41, 5.74) is -2.41. The molecule has 0 spiro atoms. The molecule has 2 aromatic rings. The third kappa shape index (κ3) is 2.70. The van der Waals surface area contributed by atoms with Crippen LogP contribution in [0.1, 0.15) is 32.2 Å². The highest BCUT2D eigenvalue weighted by atomic mass is 35.5. The lowest BCUT2D eigenvalue weighted by Gasteiger charge is -2.27. The maximum Gasteiger partial charge on any atom is 0.460 e. The molecule has 0 saturated heterocycles. The Morgan fingerprint density at radius 3 is 2.00 bits per heavy atom. The maximum atomic E-state index is 13.7. The Balaban J connectivity index is 2.63. The first-order valence-electron chi connectivity index (χ1n) is 6.47. The van der Waals surface area contributed by atoms with Crippen molar-refractivity contribution in [1.29, 1.82) is 0 Å². The fourth-order valence-corrected chi connectivity index (χ4v) is 2.36. The van der Waals surface area contributed by atoms with E-state index in [1.165, 1.54) is 0 Å². The predicted octanol–water partition coefficient (Wildman–Crippen LogP) is 4.97. The average molecular weight is 378 g/mol. The van der Waals surface area contributed by atoms with Gasteiger partial charge in [-0.1, -0.05) is 32.4 Å². The quantitative estimate of drug-likeness (QED) is 0.692. The van der Waals surface area contributed by atoms with Gasteiger partial charge in [0, 0.05) is 11.5 Å². The van der Waals surface area contributed by atoms with Gasteiger partial charge in [-0.3, -0.25) is 4.40 Å². The van der Waals surface area contributed by atoms with Gasteiger partial charge in [0.25, 0.3) is 0 Å². The molecule has 0 aliphatic carbocycles. The van der Waals surface area contributed by atoms with Crippen LogP contribution in [-0.4, -0.2) is 26.5 Å². The van der Waals surface area contributed by atoms with Gasteiger partial charge in [-0.2, -0.15) is 30.7 Å². The molecule has 0 N–H and O–H groups in total. The number of nitrogens with zero attached hydrogens (tertiary/aromatic N) is 3. The highest BCUT2D eigenvalue weighted by Gasteiger charge is 2.74. The van der Waals surface area contributed by atoms with Crippen molar-refractivity contribution in [3.63, 3.8) is 0 Å². The van der Waals surface area contributed by atoms with Crippen LogP contribution in [0, 0.1) is 0 Å². The number of hydrogen-bond acceptors (Lipinski definition) is 2. The van der Waals surface area contributed by atoms with Gasteiger partial charge in [0.1, 0.15) is 22.8 Å². The topological polar surface area (TPSA) is 30.2 Å². The molecular weight excluding hydrogens is 367 g/mol. The molecule has 0 aliphatic rings. The number of fused-ring (bicyclic) bond motifs is 1. The summed E-state index contributed by atoms with van der Waals surface area (Å²) in [7, 11) is 0. The molecule has 134 valence electrons. The van der Waals surface area contributed by atoms with Crippen LogP contribution < -0.4 is 0 Å². The molecule has 0 bridgehead atoms. The Morgan fingerprint density at radius 2 is 1.54 bits per heavy atom. The van der Waals surface area contributed by atoms with E-state index in [-0.39, 0.29) is 16.5 Å². The standard InChI is InChI=1S/C13H11ClF7N3/c1-10(2,3)8-9(14)24-5-22-6(4-7(24)23-8)11(15,16)12(17,18)13(19,20)21/h4-5H,1-3H3. The van der Waals surface area contributed by atoms with Gasteiger partial charge < -0.3 is 0 Å². The minimum Gasteiger partial charge on any atom is -0.273 e. The molecular formula is C13H11ClF7N3. The fraction of sp³-hybridized carbons (Fsp3) is 0.538. The number of imidazole rings is 1. The molecule has 2 aromatic heterocycles. The first kappa shape index (κ1) is 18.8. The summed E-state index contributed by atoms with van der Waals surface area (Å²) in [4.78, 5) is 6.96. The summed E-state index contributed by atoms with van der Waals surface area (Å²) in [6.45, 7) is 5.13. The fourth-order valence-electron chi connectivity index (χ4n) is 1.91. The molecule has 24 heavy (non-hydrogen) atoms. The van der Waals surface area contributed by atoms with E-state index in [9.17, 15) is 30.7 Å². The lowest BCUT2D eigenvalue weighted by Crippen LogP contribution is -2.50. The van der Waals surface area contributed by atoms with Crippen molar-refractivity contribution in [3.8, 4) is 0 Å². The molecule has 0 aliphatic heterocycles. The highest BCUT2D eigenvalue weighted by Crippen LogP contribution is 2.51. The Labute approximate surface area is 136 Å². The van der Waals surface area contributed by atoms with Crippen LogP contribution in [0.2, 0.25) is 5.15 Å². The summed E-state index contributed by atoms with van der Waals surface area (Å²) in [6.07, 6.45) is -5.80. The van der Waals surface area contributed by atoms with Gasteiger partial charge >= 0.3 is 18.0 Å². The van der Waals surface area contributed by atoms with Crippen LogP contribution in [0.25, 0.3) is 5.65 Å². The van der Waals surface area contributed by atoms with Crippen LogP contribution in [0.4, 0.5) is 30.7 Å². The van der Waals surface area contributed by atoms with Crippen LogP contribution >= 0.6 is 11.6 Å². The van der Waals surface area contributed by atoms with E-state index in [2.05, 4.69) is 9.97 Å². The molecule has 0 amide bonds. The Bertz CT molecular complexity index is 774. The van der Waals surface area contributed by atoms with Crippen LogP contribution in [-0.2, 0) is 11.3 Å². The number of alkyl halides is 7. The normalized spacial score (nSPS) is 14.5. The van der Waals surface area contributed by atoms with Gasteiger partial charge in [0.05, 0.1) is 5.69 Å². The third-order valence-corrected chi connectivity index (χ3v) is 3.60. The van der Waals surface area contributed by atoms with E-state index >= 15 is 0 Å². The second-order valence-electron chi connectivity index (χ2n) is 6.15. The maximum absolute atomic E-state index is 13.7. The molecule has 0 fully saturated rings. The molecule has 3 nitrogen and oxygen atoms in total. The lowest BCUT2D eigenvalue weighted by atomic mass is 9.93. The minimum absolute atomic E-state index is 0.00227. The molecule has 0 saturated carbocycles. The Morgan fingerprint density at radius 1 is 1.00 bits per heavy atom. The summed E-state index contributed by atoms with van der Waals surface area (Å²) >= 11 is 6.02. The first-order chi connectivity index (χ1) is 10.6. The zero-order valence-corrected chi connectivity index (χ0v) is 13.3. The minimum atomic E-state index is -6.44. The Hall–Kier alpha value is -1.58. The van der Waals surface area contributed by atoms with Gasteiger partial charge in [0.15, 0.2) is 0 Å². The number of aromatic nitrogens is 3. The van der Waals surface area contributed by atoms with Gasteiger partial charge in [-0.15, -0.1) is 0 Å². The van der Waals surface area contributed by atoms with Crippen molar-refractivity contribution in [3.05, 3.63) is 28.9 Å². The lowest BCUT2D eigenvalue weighted by molar-refractivity contribution is -0.360. The average Bonchev–Trinajstić information content (AvgIpc) is 2.74. The van der Waals surface area contributed by atoms with Crippen molar-refractivity contribution in [2.45, 2.75) is 44.2 Å². The van der Waals surface area contributed by atoms with Crippen molar-refractivity contribution < 1.29 is 30.7 Å². The number of rotatable bonds is 2. The molecule has 2 rings (SSSR count). The van der Waals surface area contributed by atoms with Gasteiger partial charge in [-0.05, 0) is 0 Å². The van der Waals surface area contributed by atoms with E-state index in [0.29, 0.717) is 12.4 Å². The summed E-state index contributed by atoms with van der Waals surface area (Å²) in [5, 5.41) is 0.00227. The SMILES string of the molecule is CC(C)(C)c1nc2cc(C(F)(F)C(F)(F)C(F)(F)F)ncn2c1Cl. The van der Waals surface area contributed by atoms with Crippen molar-refractivity contribution >= 4 is 17.2 Å². The van der Waals surface area contributed by atoms with Crippen LogP contribution in [0.15, 0.2) is 12.4 Å². The zero-order valence-electron chi connectivity index (χ0n) is 12.5. The van der Waals surface area contributed by atoms with Crippen LogP contribution in [0.3, 0.4) is 0 Å². The molecule has 0 atom stereocenters. The molecule has 11 heteroatoms. The number of halogens is 8. The monoisotopic (exact) mass is 377 g/mol. The second-order valence-corrected chi connectivity index (χ2v) is 6.51. The summed E-state index contributed by atoms with van der Waals surface area (Å²) < 4.78 is 91.4. The van der Waals surface area contributed by atoms with E-state index in [1.54, 1.807) is 20.8 Å². The second kappa shape index (κ2) is 5.21. The van der Waals surface area contributed by atoms with E-state index in [4.69, 9.17) is 11.6 Å². The predicted molar refractivity (Wildman–Crippen MR) is 71.6 cm³/mol. The Kier molecular flexibility index (Phi) is 4.07. The van der Waals surface area contributed by atoms with Crippen molar-refractivity contribution in [2.75, 3.05) is 0 Å². The molecule has 0 radical (unpaired) electrons. The van der Waals surface area contributed by atoms with Crippen molar-refractivity contribution in [2.24, 2.45) is 0 Å². The summed E-state index contributed by atoms with van der Waals surface area (Å²) in [6, 6.07) is 0.362. The molecule has 0 aromatic carbocycles. The largest absolute Gasteiger partial charge is 0.460 e. The zero-order chi connectivity index (χ0) is 18.7. The summed E-state index contributed by atoms with van der Waals surface area (Å²) in [5.74, 6) is -11.8. The molecule has 2 heterocycles. The van der Waals surface area contributed by atoms with E-state index in [0.717, 1.165) is 4.40 Å². The molecule has 0 unspecified atom stereocenters. The van der Waals surface area contributed by atoms with E-state index < -0.39 is 29.1 Å². The van der Waals surface area contributed by atoms with Crippen LogP contribution in [0.5, 0.6) is 0 Å². The third-order valence-electron chi connectivity index (χ3n) is 3.24. The first-order valence-corrected chi connectivity index (χ1v) is 6.85. The van der Waals surface area contributed by atoms with Gasteiger partial charge in [-0.25, -0.2) is 9.97 Å². The smallest absolute Gasteiger partial charge is 0.273 e. The van der Waals surface area contributed by atoms with Crippen molar-refractivity contribution in [1.82, 2.24) is 14.4 Å². The van der Waals surface area contributed by atoms with Gasteiger partial charge in [0.2, 0.25) is 0 Å².